The molecule has 0 aliphatic carbocycles. The minimum Gasteiger partial charge on any atom is -0.493 e. The molecule has 0 spiro atoms. The monoisotopic (exact) mass is 358 g/mol. The summed E-state index contributed by atoms with van der Waals surface area (Å²) in [6, 6.07) is 11.3. The summed E-state index contributed by atoms with van der Waals surface area (Å²) in [6.07, 6.45) is 1.30. The lowest BCUT2D eigenvalue weighted by Crippen LogP contribution is -2.18. The van der Waals surface area contributed by atoms with Crippen molar-refractivity contribution in [3.05, 3.63) is 48.0 Å². The Labute approximate surface area is 149 Å². The number of nitrogens with zero attached hydrogens (tertiary/aromatic N) is 1. The second-order valence-electron chi connectivity index (χ2n) is 4.98. The fourth-order valence-corrected chi connectivity index (χ4v) is 2.05. The number of methoxy groups -OCH3 is 1. The number of anilines is 1. The topological polar surface area (TPSA) is 135 Å². The third kappa shape index (κ3) is 5.21. The zero-order valence-corrected chi connectivity index (χ0v) is 13.9. The van der Waals surface area contributed by atoms with E-state index < -0.39 is 12.6 Å². The van der Waals surface area contributed by atoms with E-state index in [1.165, 1.54) is 25.6 Å². The van der Waals surface area contributed by atoms with Crippen LogP contribution in [0.2, 0.25) is 0 Å². The third-order valence-electron chi connectivity index (χ3n) is 3.17. The first kappa shape index (κ1) is 18.7. The number of carbonyl (C=O) groups excluding carboxylic acids is 1. The average Bonchev–Trinajstić information content (AvgIpc) is 2.65. The van der Waals surface area contributed by atoms with Crippen LogP contribution in [0.3, 0.4) is 0 Å². The Morgan fingerprint density at radius 2 is 2.04 bits per heavy atom. The number of hydrazine groups is 1. The minimum absolute atomic E-state index is 0.263. The summed E-state index contributed by atoms with van der Waals surface area (Å²) in [7, 11) is 1.42. The summed E-state index contributed by atoms with van der Waals surface area (Å²) < 4.78 is 10.3. The third-order valence-corrected chi connectivity index (χ3v) is 3.17. The van der Waals surface area contributed by atoms with Crippen LogP contribution in [0, 0.1) is 0 Å². The van der Waals surface area contributed by atoms with E-state index in [1.54, 1.807) is 30.3 Å². The first-order valence-corrected chi connectivity index (χ1v) is 7.46. The number of nitrogens with two attached hydrogens (primary N) is 1. The average molecular weight is 358 g/mol. The highest BCUT2D eigenvalue weighted by atomic mass is 16.5. The number of carboxylic acid groups (broad SMARTS) is 1. The standard InChI is InChI=1S/C17H18N4O5/c1-25-15-8-13(5-6-14(15)26-9-16(22)23)21-17(24)11-3-2-4-12(7-11)19-10-20-18/h2-8,10H,9,18H2,1H3,(H,19,20)(H,21,24)(H,22,23). The molecule has 26 heavy (non-hydrogen) atoms. The maximum absolute atomic E-state index is 12.4. The van der Waals surface area contributed by atoms with E-state index in [-0.39, 0.29) is 11.7 Å². The highest BCUT2D eigenvalue weighted by Crippen LogP contribution is 2.30. The predicted molar refractivity (Wildman–Crippen MR) is 96.0 cm³/mol. The van der Waals surface area contributed by atoms with Gasteiger partial charge in [-0.05, 0) is 30.3 Å². The summed E-state index contributed by atoms with van der Waals surface area (Å²) in [4.78, 5) is 27.0. The molecule has 2 aromatic rings. The van der Waals surface area contributed by atoms with Crippen molar-refractivity contribution < 1.29 is 24.2 Å². The van der Waals surface area contributed by atoms with Crippen molar-refractivity contribution in [1.82, 2.24) is 5.43 Å². The van der Waals surface area contributed by atoms with E-state index in [0.29, 0.717) is 22.7 Å². The molecule has 136 valence electrons. The smallest absolute Gasteiger partial charge is 0.341 e. The van der Waals surface area contributed by atoms with E-state index in [4.69, 9.17) is 20.4 Å². The van der Waals surface area contributed by atoms with Crippen LogP contribution >= 0.6 is 0 Å². The van der Waals surface area contributed by atoms with E-state index in [1.807, 2.05) is 0 Å². The van der Waals surface area contributed by atoms with Crippen molar-refractivity contribution in [2.24, 2.45) is 10.8 Å². The molecular weight excluding hydrogens is 340 g/mol. The molecule has 0 aromatic heterocycles. The van der Waals surface area contributed by atoms with E-state index in [9.17, 15) is 9.59 Å². The van der Waals surface area contributed by atoms with Crippen molar-refractivity contribution in [3.63, 3.8) is 0 Å². The largest absolute Gasteiger partial charge is 0.493 e. The second-order valence-corrected chi connectivity index (χ2v) is 4.98. The van der Waals surface area contributed by atoms with Crippen molar-refractivity contribution >= 4 is 29.6 Å². The van der Waals surface area contributed by atoms with Gasteiger partial charge in [-0.2, -0.15) is 0 Å². The quantitative estimate of drug-likeness (QED) is 0.243. The van der Waals surface area contributed by atoms with Crippen LogP contribution in [0.25, 0.3) is 0 Å². The Morgan fingerprint density at radius 1 is 1.23 bits per heavy atom. The van der Waals surface area contributed by atoms with Gasteiger partial charge in [0.1, 0.15) is 6.34 Å². The van der Waals surface area contributed by atoms with Gasteiger partial charge in [0.2, 0.25) is 0 Å². The molecule has 0 fully saturated rings. The molecule has 9 heteroatoms. The Morgan fingerprint density at radius 3 is 2.73 bits per heavy atom. The zero-order valence-electron chi connectivity index (χ0n) is 13.9. The normalized spacial score (nSPS) is 10.4. The highest BCUT2D eigenvalue weighted by molar-refractivity contribution is 6.04. The summed E-state index contributed by atoms with van der Waals surface area (Å²) in [5.41, 5.74) is 3.72. The lowest BCUT2D eigenvalue weighted by atomic mass is 10.2. The molecule has 5 N–H and O–H groups in total. The van der Waals surface area contributed by atoms with Gasteiger partial charge in [-0.1, -0.05) is 6.07 Å². The molecule has 0 unspecified atom stereocenters. The Balaban J connectivity index is 2.13. The predicted octanol–water partition coefficient (Wildman–Crippen LogP) is 1.53. The highest BCUT2D eigenvalue weighted by Gasteiger charge is 2.11. The van der Waals surface area contributed by atoms with E-state index in [0.717, 1.165) is 0 Å². The van der Waals surface area contributed by atoms with Crippen molar-refractivity contribution in [3.8, 4) is 11.5 Å². The van der Waals surface area contributed by atoms with Gasteiger partial charge in [0.25, 0.3) is 5.91 Å². The molecule has 0 saturated heterocycles. The number of carbonyl (C=O) groups is 2. The van der Waals surface area contributed by atoms with Crippen LogP contribution in [0.15, 0.2) is 47.5 Å². The van der Waals surface area contributed by atoms with E-state index in [2.05, 4.69) is 15.7 Å². The van der Waals surface area contributed by atoms with Gasteiger partial charge in [0, 0.05) is 17.3 Å². The zero-order chi connectivity index (χ0) is 18.9. The van der Waals surface area contributed by atoms with Gasteiger partial charge in [0.05, 0.1) is 12.8 Å². The van der Waals surface area contributed by atoms with Gasteiger partial charge in [-0.3, -0.25) is 4.79 Å². The molecular formula is C17H18N4O5. The van der Waals surface area contributed by atoms with Crippen LogP contribution in [-0.2, 0) is 4.79 Å². The number of carboxylic acids is 1. The number of nitrogens with one attached hydrogen (secondary N) is 2. The van der Waals surface area contributed by atoms with E-state index >= 15 is 0 Å². The van der Waals surface area contributed by atoms with Crippen molar-refractivity contribution in [1.29, 1.82) is 0 Å². The molecule has 9 nitrogen and oxygen atoms in total. The van der Waals surface area contributed by atoms with Crippen LogP contribution < -0.4 is 26.1 Å². The summed E-state index contributed by atoms with van der Waals surface area (Å²) in [5, 5.41) is 11.4. The molecule has 1 amide bonds. The first-order valence-electron chi connectivity index (χ1n) is 7.46. The Bertz CT molecular complexity index is 823. The number of hydrogen-bond acceptors (Lipinski definition) is 6. The summed E-state index contributed by atoms with van der Waals surface area (Å²) >= 11 is 0. The Hall–Kier alpha value is -3.59. The fraction of sp³-hybridized carbons (Fsp3) is 0.118. The molecule has 0 saturated carbocycles. The number of hydrogen-bond donors (Lipinski definition) is 4. The van der Waals surface area contributed by atoms with Crippen molar-refractivity contribution in [2.75, 3.05) is 19.0 Å². The van der Waals surface area contributed by atoms with Crippen LogP contribution in [0.4, 0.5) is 11.4 Å². The van der Waals surface area contributed by atoms with Crippen LogP contribution in [0.1, 0.15) is 10.4 Å². The molecule has 0 atom stereocenters. The molecule has 0 bridgehead atoms. The number of benzene rings is 2. The van der Waals surface area contributed by atoms with Crippen LogP contribution in [0.5, 0.6) is 11.5 Å². The fourth-order valence-electron chi connectivity index (χ4n) is 2.05. The maximum Gasteiger partial charge on any atom is 0.341 e. The molecule has 2 aromatic carbocycles. The second kappa shape index (κ2) is 9.04. The van der Waals surface area contributed by atoms with Gasteiger partial charge < -0.3 is 25.3 Å². The van der Waals surface area contributed by atoms with Gasteiger partial charge in [0.15, 0.2) is 18.1 Å². The number of ether oxygens (including phenoxy) is 2. The lowest BCUT2D eigenvalue weighted by molar-refractivity contribution is -0.139. The molecule has 2 rings (SSSR count). The molecule has 0 radical (unpaired) electrons. The Kier molecular flexibility index (Phi) is 6.52. The molecule has 0 heterocycles. The summed E-state index contributed by atoms with van der Waals surface area (Å²) in [5.74, 6) is 4.24. The lowest BCUT2D eigenvalue weighted by Gasteiger charge is -2.12. The minimum atomic E-state index is -1.10. The molecule has 0 aliphatic heterocycles. The molecule has 0 aliphatic rings. The maximum atomic E-state index is 12.4. The van der Waals surface area contributed by atoms with Gasteiger partial charge in [-0.15, -0.1) is 0 Å². The van der Waals surface area contributed by atoms with Crippen LogP contribution in [-0.4, -0.2) is 37.0 Å². The van der Waals surface area contributed by atoms with Gasteiger partial charge in [-0.25, -0.2) is 15.6 Å². The van der Waals surface area contributed by atoms with Gasteiger partial charge >= 0.3 is 5.97 Å². The SMILES string of the molecule is COc1cc(NC(=O)c2cccc(N=CNN)c2)ccc1OCC(=O)O. The number of rotatable bonds is 8. The number of amides is 1. The number of aliphatic imine (C=N–C) groups is 1. The summed E-state index contributed by atoms with van der Waals surface area (Å²) in [6.45, 7) is -0.493. The first-order chi connectivity index (χ1) is 12.5. The van der Waals surface area contributed by atoms with Crippen molar-refractivity contribution in [2.45, 2.75) is 0 Å². The number of aliphatic carboxylic acids is 1.